The fourth-order valence-electron chi connectivity index (χ4n) is 1.71. The Bertz CT molecular complexity index is 274. The van der Waals surface area contributed by atoms with Crippen molar-refractivity contribution in [3.8, 4) is 5.88 Å². The van der Waals surface area contributed by atoms with Crippen LogP contribution in [0.2, 0.25) is 0 Å². The van der Waals surface area contributed by atoms with Gasteiger partial charge in [-0.2, -0.15) is 0 Å². The minimum Gasteiger partial charge on any atom is -0.476 e. The van der Waals surface area contributed by atoms with Crippen LogP contribution < -0.4 is 4.74 Å². The summed E-state index contributed by atoms with van der Waals surface area (Å²) in [6.45, 7) is 5.29. The molecule has 2 heterocycles. The number of hydrogen-bond donors (Lipinski definition) is 0. The molecule has 1 aliphatic rings. The molecule has 0 N–H and O–H groups in total. The minimum atomic E-state index is 0.599. The average Bonchev–Trinajstić information content (AvgIpc) is 2.19. The molecule has 0 amide bonds. The summed E-state index contributed by atoms with van der Waals surface area (Å²) in [5, 5.41) is 0. The summed E-state index contributed by atoms with van der Waals surface area (Å²) < 4.78 is 5.59. The van der Waals surface area contributed by atoms with Gasteiger partial charge in [-0.1, -0.05) is 13.0 Å². The predicted molar refractivity (Wildman–Crippen MR) is 55.4 cm³/mol. The van der Waals surface area contributed by atoms with Crippen LogP contribution in [0.4, 0.5) is 0 Å². The van der Waals surface area contributed by atoms with Crippen molar-refractivity contribution in [3.63, 3.8) is 0 Å². The van der Waals surface area contributed by atoms with Crippen LogP contribution in [0, 0.1) is 0 Å². The summed E-state index contributed by atoms with van der Waals surface area (Å²) in [4.78, 5) is 6.54. The van der Waals surface area contributed by atoms with E-state index in [-0.39, 0.29) is 0 Å². The zero-order valence-electron chi connectivity index (χ0n) is 8.52. The highest BCUT2D eigenvalue weighted by atomic mass is 16.5. The topological polar surface area (TPSA) is 25.4 Å². The van der Waals surface area contributed by atoms with E-state index in [1.165, 1.54) is 13.0 Å². The summed E-state index contributed by atoms with van der Waals surface area (Å²) >= 11 is 0. The lowest BCUT2D eigenvalue weighted by Crippen LogP contribution is -2.50. The van der Waals surface area contributed by atoms with Crippen LogP contribution in [-0.4, -0.2) is 35.6 Å². The maximum atomic E-state index is 5.59. The van der Waals surface area contributed by atoms with Crippen molar-refractivity contribution < 1.29 is 4.74 Å². The van der Waals surface area contributed by atoms with Gasteiger partial charge in [0, 0.05) is 24.8 Å². The van der Waals surface area contributed by atoms with Gasteiger partial charge in [-0.15, -0.1) is 0 Å². The molecule has 0 radical (unpaired) electrons. The first-order valence-corrected chi connectivity index (χ1v) is 5.18. The van der Waals surface area contributed by atoms with Gasteiger partial charge in [0.2, 0.25) is 5.88 Å². The van der Waals surface area contributed by atoms with Gasteiger partial charge in [0.25, 0.3) is 0 Å². The molecule has 1 atom stereocenters. The largest absolute Gasteiger partial charge is 0.476 e. The summed E-state index contributed by atoms with van der Waals surface area (Å²) in [5.74, 6) is 0.732. The van der Waals surface area contributed by atoms with E-state index in [0.29, 0.717) is 6.04 Å². The SMILES string of the molecule is CCN1CC[C@@H]1COc1ccccn1. The van der Waals surface area contributed by atoms with E-state index in [0.717, 1.165) is 19.0 Å². The average molecular weight is 192 g/mol. The first-order valence-electron chi connectivity index (χ1n) is 5.18. The van der Waals surface area contributed by atoms with Crippen LogP contribution >= 0.6 is 0 Å². The Kier molecular flexibility index (Phi) is 2.99. The van der Waals surface area contributed by atoms with Crippen LogP contribution in [0.1, 0.15) is 13.3 Å². The fraction of sp³-hybridized carbons (Fsp3) is 0.545. The van der Waals surface area contributed by atoms with Crippen molar-refractivity contribution >= 4 is 0 Å². The van der Waals surface area contributed by atoms with Crippen LogP contribution in [0.15, 0.2) is 24.4 Å². The molecule has 0 spiro atoms. The predicted octanol–water partition coefficient (Wildman–Crippen LogP) is 1.55. The summed E-state index contributed by atoms with van der Waals surface area (Å²) in [6.07, 6.45) is 3.01. The van der Waals surface area contributed by atoms with E-state index in [4.69, 9.17) is 4.74 Å². The van der Waals surface area contributed by atoms with E-state index in [1.54, 1.807) is 6.20 Å². The van der Waals surface area contributed by atoms with Crippen molar-refractivity contribution in [3.05, 3.63) is 24.4 Å². The Hall–Kier alpha value is -1.09. The van der Waals surface area contributed by atoms with Gasteiger partial charge in [-0.25, -0.2) is 4.98 Å². The molecule has 0 aliphatic carbocycles. The minimum absolute atomic E-state index is 0.599. The molecule has 1 saturated heterocycles. The lowest BCUT2D eigenvalue weighted by atomic mass is 10.1. The molecule has 3 heteroatoms. The second-order valence-corrected chi connectivity index (χ2v) is 3.55. The molecule has 2 rings (SSSR count). The highest BCUT2D eigenvalue weighted by molar-refractivity contribution is 5.09. The normalized spacial score (nSPS) is 21.6. The van der Waals surface area contributed by atoms with E-state index >= 15 is 0 Å². The number of likely N-dealkylation sites (tertiary alicyclic amines) is 1. The van der Waals surface area contributed by atoms with Crippen molar-refractivity contribution in [2.75, 3.05) is 19.7 Å². The monoisotopic (exact) mass is 192 g/mol. The molecule has 0 unspecified atom stereocenters. The number of nitrogens with zero attached hydrogens (tertiary/aromatic N) is 2. The maximum absolute atomic E-state index is 5.59. The quantitative estimate of drug-likeness (QED) is 0.723. The molecular weight excluding hydrogens is 176 g/mol. The molecule has 1 aliphatic heterocycles. The van der Waals surface area contributed by atoms with Gasteiger partial charge in [0.05, 0.1) is 0 Å². The Labute approximate surface area is 84.7 Å². The number of aromatic nitrogens is 1. The standard InChI is InChI=1S/C11H16N2O/c1-2-13-8-6-10(13)9-14-11-5-3-4-7-12-11/h3-5,7,10H,2,6,8-9H2,1H3/t10-/m1/s1. The number of likely N-dealkylation sites (N-methyl/N-ethyl adjacent to an activating group) is 1. The highest BCUT2D eigenvalue weighted by Gasteiger charge is 2.26. The zero-order chi connectivity index (χ0) is 9.80. The van der Waals surface area contributed by atoms with Crippen LogP contribution in [0.5, 0.6) is 5.88 Å². The van der Waals surface area contributed by atoms with Crippen molar-refractivity contribution in [2.45, 2.75) is 19.4 Å². The number of ether oxygens (including phenoxy) is 1. The molecule has 1 aromatic rings. The number of rotatable bonds is 4. The molecule has 0 saturated carbocycles. The van der Waals surface area contributed by atoms with E-state index in [2.05, 4.69) is 16.8 Å². The molecule has 1 aromatic heterocycles. The molecule has 3 nitrogen and oxygen atoms in total. The van der Waals surface area contributed by atoms with E-state index in [1.807, 2.05) is 18.2 Å². The van der Waals surface area contributed by atoms with Crippen LogP contribution in [-0.2, 0) is 0 Å². The van der Waals surface area contributed by atoms with Gasteiger partial charge in [-0.3, -0.25) is 4.90 Å². The highest BCUT2D eigenvalue weighted by Crippen LogP contribution is 2.17. The first kappa shape index (κ1) is 9.46. The Morgan fingerprint density at radius 2 is 2.50 bits per heavy atom. The van der Waals surface area contributed by atoms with Gasteiger partial charge in [0.1, 0.15) is 6.61 Å². The molecule has 76 valence electrons. The van der Waals surface area contributed by atoms with Gasteiger partial charge in [0.15, 0.2) is 0 Å². The third-order valence-corrected chi connectivity index (χ3v) is 2.73. The lowest BCUT2D eigenvalue weighted by molar-refractivity contribution is 0.0546. The second kappa shape index (κ2) is 4.42. The summed E-state index contributed by atoms with van der Waals surface area (Å²) in [6, 6.07) is 6.34. The van der Waals surface area contributed by atoms with E-state index < -0.39 is 0 Å². The second-order valence-electron chi connectivity index (χ2n) is 3.55. The van der Waals surface area contributed by atoms with Gasteiger partial charge >= 0.3 is 0 Å². The Balaban J connectivity index is 1.78. The summed E-state index contributed by atoms with van der Waals surface area (Å²) in [7, 11) is 0. The smallest absolute Gasteiger partial charge is 0.213 e. The third-order valence-electron chi connectivity index (χ3n) is 2.73. The van der Waals surface area contributed by atoms with E-state index in [9.17, 15) is 0 Å². The molecule has 1 fully saturated rings. The Morgan fingerprint density at radius 3 is 3.07 bits per heavy atom. The lowest BCUT2D eigenvalue weighted by Gasteiger charge is -2.39. The molecule has 0 aromatic carbocycles. The summed E-state index contributed by atoms with van der Waals surface area (Å²) in [5.41, 5.74) is 0. The van der Waals surface area contributed by atoms with Crippen molar-refractivity contribution in [1.82, 2.24) is 9.88 Å². The molecular formula is C11H16N2O. The first-order chi connectivity index (χ1) is 6.90. The van der Waals surface area contributed by atoms with Crippen molar-refractivity contribution in [1.29, 1.82) is 0 Å². The van der Waals surface area contributed by atoms with Crippen LogP contribution in [0.25, 0.3) is 0 Å². The Morgan fingerprint density at radius 1 is 1.57 bits per heavy atom. The molecule has 0 bridgehead atoms. The number of pyridine rings is 1. The van der Waals surface area contributed by atoms with Gasteiger partial charge in [-0.05, 0) is 19.0 Å². The molecule has 14 heavy (non-hydrogen) atoms. The van der Waals surface area contributed by atoms with Crippen LogP contribution in [0.3, 0.4) is 0 Å². The number of hydrogen-bond acceptors (Lipinski definition) is 3. The third kappa shape index (κ3) is 2.04. The zero-order valence-corrected chi connectivity index (χ0v) is 8.52. The fourth-order valence-corrected chi connectivity index (χ4v) is 1.71. The maximum Gasteiger partial charge on any atom is 0.213 e. The van der Waals surface area contributed by atoms with Crippen molar-refractivity contribution in [2.24, 2.45) is 0 Å². The van der Waals surface area contributed by atoms with Gasteiger partial charge < -0.3 is 4.74 Å².